The van der Waals surface area contributed by atoms with Gasteiger partial charge in [0.15, 0.2) is 11.2 Å². The number of hydrogen-bond donors (Lipinski definition) is 1. The smallest absolute Gasteiger partial charge is 0.332 e. The molecule has 11 heteroatoms. The van der Waals surface area contributed by atoms with E-state index in [4.69, 9.17) is 22.1 Å². The van der Waals surface area contributed by atoms with Gasteiger partial charge in [-0.3, -0.25) is 23.1 Å². The molecule has 0 aliphatic carbocycles. The maximum atomic E-state index is 13.1. The molecule has 0 spiro atoms. The van der Waals surface area contributed by atoms with Crippen molar-refractivity contribution in [3.05, 3.63) is 55.4 Å². The van der Waals surface area contributed by atoms with Gasteiger partial charge in [0.25, 0.3) is 5.56 Å². The molecule has 0 bridgehead atoms. The molecular formula is C19H19ClN6O4. The number of primary amides is 1. The SMILES string of the molecule is COc1ccc(-n2c(C)c(C)n3c4c(=O)n(CC(N)=O)c(=O)n(C)c4nc23)cc1Cl. The molecule has 0 aliphatic rings. The molecule has 1 amide bonds. The van der Waals surface area contributed by atoms with Gasteiger partial charge in [-0.2, -0.15) is 4.98 Å². The second kappa shape index (κ2) is 6.77. The number of aryl methyl sites for hydroxylation is 2. The molecule has 0 radical (unpaired) electrons. The molecule has 10 nitrogen and oxygen atoms in total. The Morgan fingerprint density at radius 3 is 2.53 bits per heavy atom. The third-order valence-corrected chi connectivity index (χ3v) is 5.52. The van der Waals surface area contributed by atoms with Gasteiger partial charge in [0.2, 0.25) is 11.7 Å². The molecule has 4 rings (SSSR count). The van der Waals surface area contributed by atoms with Gasteiger partial charge in [-0.1, -0.05) is 11.6 Å². The van der Waals surface area contributed by atoms with E-state index in [-0.39, 0.29) is 11.2 Å². The Kier molecular flexibility index (Phi) is 4.46. The fraction of sp³-hybridized carbons (Fsp3) is 0.263. The molecule has 0 atom stereocenters. The molecule has 0 unspecified atom stereocenters. The molecule has 0 saturated heterocycles. The highest BCUT2D eigenvalue weighted by atomic mass is 35.5. The van der Waals surface area contributed by atoms with Crippen LogP contribution in [0.5, 0.6) is 5.75 Å². The van der Waals surface area contributed by atoms with E-state index in [0.29, 0.717) is 22.2 Å². The zero-order valence-electron chi connectivity index (χ0n) is 16.8. The van der Waals surface area contributed by atoms with E-state index in [0.717, 1.165) is 16.0 Å². The number of ether oxygens (including phenoxy) is 1. The predicted molar refractivity (Wildman–Crippen MR) is 112 cm³/mol. The van der Waals surface area contributed by atoms with Crippen LogP contribution >= 0.6 is 11.6 Å². The number of aromatic nitrogens is 5. The summed E-state index contributed by atoms with van der Waals surface area (Å²) in [7, 11) is 3.02. The Bertz CT molecular complexity index is 1470. The Balaban J connectivity index is 2.14. The molecule has 156 valence electrons. The van der Waals surface area contributed by atoms with Crippen LogP contribution in [0, 0.1) is 13.8 Å². The minimum atomic E-state index is -0.785. The number of nitrogens with two attached hydrogens (primary N) is 1. The molecule has 0 aliphatic heterocycles. The number of fused-ring (bicyclic) bond motifs is 3. The van der Waals surface area contributed by atoms with Crippen LogP contribution in [-0.2, 0) is 18.4 Å². The van der Waals surface area contributed by atoms with E-state index in [9.17, 15) is 14.4 Å². The van der Waals surface area contributed by atoms with Gasteiger partial charge in [0.05, 0.1) is 17.8 Å². The first-order valence-corrected chi connectivity index (χ1v) is 9.37. The van der Waals surface area contributed by atoms with Crippen LogP contribution in [0.3, 0.4) is 0 Å². The van der Waals surface area contributed by atoms with E-state index >= 15 is 0 Å². The van der Waals surface area contributed by atoms with E-state index in [2.05, 4.69) is 4.98 Å². The number of rotatable bonds is 4. The van der Waals surface area contributed by atoms with E-state index in [1.165, 1.54) is 18.7 Å². The van der Waals surface area contributed by atoms with Crippen LogP contribution in [0.2, 0.25) is 5.02 Å². The summed E-state index contributed by atoms with van der Waals surface area (Å²) >= 11 is 6.30. The minimum Gasteiger partial charge on any atom is -0.495 e. The van der Waals surface area contributed by atoms with Crippen LogP contribution in [-0.4, -0.2) is 36.1 Å². The first kappa shape index (κ1) is 19.8. The predicted octanol–water partition coefficient (Wildman–Crippen LogP) is 0.903. The first-order valence-electron chi connectivity index (χ1n) is 8.99. The molecule has 2 N–H and O–H groups in total. The molecule has 0 saturated carbocycles. The standard InChI is InChI=1S/C19H19ClN6O4/c1-9-10(2)26-15-16(23(3)19(29)24(17(15)28)8-14(21)27)22-18(26)25(9)11-5-6-13(30-4)12(20)7-11/h5-7H,8H2,1-4H3,(H2,21,27). The average Bonchev–Trinajstić information content (AvgIpc) is 3.19. The highest BCUT2D eigenvalue weighted by molar-refractivity contribution is 6.32. The Morgan fingerprint density at radius 2 is 1.93 bits per heavy atom. The Labute approximate surface area is 174 Å². The van der Waals surface area contributed by atoms with E-state index in [1.807, 2.05) is 24.5 Å². The number of hydrogen-bond acceptors (Lipinski definition) is 5. The lowest BCUT2D eigenvalue weighted by molar-refractivity contribution is -0.118. The lowest BCUT2D eigenvalue weighted by Gasteiger charge is -2.09. The van der Waals surface area contributed by atoms with Crippen LogP contribution in [0.15, 0.2) is 27.8 Å². The van der Waals surface area contributed by atoms with Gasteiger partial charge in [0.1, 0.15) is 12.3 Å². The Morgan fingerprint density at radius 1 is 1.23 bits per heavy atom. The fourth-order valence-corrected chi connectivity index (χ4v) is 3.90. The van der Waals surface area contributed by atoms with Crippen molar-refractivity contribution in [2.45, 2.75) is 20.4 Å². The molecule has 30 heavy (non-hydrogen) atoms. The number of carbonyl (C=O) groups is 1. The van der Waals surface area contributed by atoms with Crippen LogP contribution < -0.4 is 21.7 Å². The molecule has 4 aromatic rings. The van der Waals surface area contributed by atoms with Crippen LogP contribution in [0.1, 0.15) is 11.4 Å². The number of amides is 1. The summed E-state index contributed by atoms with van der Waals surface area (Å²) in [5.74, 6) is 0.182. The van der Waals surface area contributed by atoms with Crippen LogP contribution in [0.25, 0.3) is 22.6 Å². The van der Waals surface area contributed by atoms with Crippen molar-refractivity contribution < 1.29 is 9.53 Å². The number of imidazole rings is 2. The molecule has 3 heterocycles. The maximum Gasteiger partial charge on any atom is 0.332 e. The summed E-state index contributed by atoms with van der Waals surface area (Å²) in [6.45, 7) is 3.22. The largest absolute Gasteiger partial charge is 0.495 e. The second-order valence-electron chi connectivity index (χ2n) is 6.94. The zero-order chi connectivity index (χ0) is 21.9. The van der Waals surface area contributed by atoms with Crippen molar-refractivity contribution >= 4 is 34.4 Å². The molecule has 1 aromatic carbocycles. The quantitative estimate of drug-likeness (QED) is 0.516. The van der Waals surface area contributed by atoms with Crippen molar-refractivity contribution in [3.63, 3.8) is 0 Å². The summed E-state index contributed by atoms with van der Waals surface area (Å²) in [5, 5.41) is 0.422. The van der Waals surface area contributed by atoms with Crippen molar-refractivity contribution in [1.82, 2.24) is 23.1 Å². The number of carbonyl (C=O) groups excluding carboxylic acids is 1. The Hall–Kier alpha value is -3.53. The average molecular weight is 431 g/mol. The summed E-state index contributed by atoms with van der Waals surface area (Å²) in [5.41, 5.74) is 6.61. The highest BCUT2D eigenvalue weighted by Crippen LogP contribution is 2.30. The fourth-order valence-electron chi connectivity index (χ4n) is 3.65. The lowest BCUT2D eigenvalue weighted by Crippen LogP contribution is -2.42. The topological polar surface area (TPSA) is 119 Å². The second-order valence-corrected chi connectivity index (χ2v) is 7.35. The summed E-state index contributed by atoms with van der Waals surface area (Å²) in [4.78, 5) is 41.6. The number of halogens is 1. The van der Waals surface area contributed by atoms with Gasteiger partial charge in [-0.25, -0.2) is 9.36 Å². The number of benzene rings is 1. The third kappa shape index (κ3) is 2.64. The normalized spacial score (nSPS) is 11.5. The molecule has 3 aromatic heterocycles. The molecular weight excluding hydrogens is 412 g/mol. The van der Waals surface area contributed by atoms with Crippen molar-refractivity contribution in [2.24, 2.45) is 12.8 Å². The maximum absolute atomic E-state index is 13.1. The molecule has 0 fully saturated rings. The lowest BCUT2D eigenvalue weighted by atomic mass is 10.2. The number of nitrogens with zero attached hydrogens (tertiary/aromatic N) is 5. The van der Waals surface area contributed by atoms with Crippen molar-refractivity contribution in [3.8, 4) is 11.4 Å². The van der Waals surface area contributed by atoms with Gasteiger partial charge in [0, 0.05) is 18.4 Å². The monoisotopic (exact) mass is 430 g/mol. The zero-order valence-corrected chi connectivity index (χ0v) is 17.5. The summed E-state index contributed by atoms with van der Waals surface area (Å²) < 4.78 is 10.8. The van der Waals surface area contributed by atoms with E-state index < -0.39 is 23.7 Å². The van der Waals surface area contributed by atoms with Crippen molar-refractivity contribution in [1.29, 1.82) is 0 Å². The van der Waals surface area contributed by atoms with Gasteiger partial charge in [-0.05, 0) is 32.0 Å². The van der Waals surface area contributed by atoms with Crippen molar-refractivity contribution in [2.75, 3.05) is 7.11 Å². The highest BCUT2D eigenvalue weighted by Gasteiger charge is 2.23. The van der Waals surface area contributed by atoms with E-state index in [1.54, 1.807) is 16.5 Å². The summed E-state index contributed by atoms with van der Waals surface area (Å²) in [6.07, 6.45) is 0. The van der Waals surface area contributed by atoms with Crippen LogP contribution in [0.4, 0.5) is 0 Å². The third-order valence-electron chi connectivity index (χ3n) is 5.23. The van der Waals surface area contributed by atoms with Gasteiger partial charge >= 0.3 is 5.69 Å². The number of methoxy groups -OCH3 is 1. The summed E-state index contributed by atoms with van der Waals surface area (Å²) in [6, 6.07) is 5.29. The first-order chi connectivity index (χ1) is 14.2. The van der Waals surface area contributed by atoms with Gasteiger partial charge < -0.3 is 10.5 Å². The minimum absolute atomic E-state index is 0.187. The van der Waals surface area contributed by atoms with Gasteiger partial charge in [-0.15, -0.1) is 0 Å².